The number of hydrogen-bond acceptors (Lipinski definition) is 3. The van der Waals surface area contributed by atoms with Crippen LogP contribution in [-0.2, 0) is 14.3 Å². The van der Waals surface area contributed by atoms with Crippen LogP contribution < -0.4 is 0 Å². The lowest BCUT2D eigenvalue weighted by molar-refractivity contribution is -0.155. The maximum absolute atomic E-state index is 10.5. The van der Waals surface area contributed by atoms with E-state index in [0.717, 1.165) is 116 Å². The van der Waals surface area contributed by atoms with Crippen LogP contribution in [-0.4, -0.2) is 25.8 Å². The number of carbonyl (C=O) groups is 1. The number of carbonyl (C=O) groups excluding carboxylic acids is 1. The maximum Gasteiger partial charge on any atom is 0.157 e. The molecule has 1 heterocycles. The Balaban J connectivity index is 2.18. The van der Waals surface area contributed by atoms with E-state index in [-0.39, 0.29) is 6.29 Å². The summed E-state index contributed by atoms with van der Waals surface area (Å²) >= 11 is 0. The molecule has 260 valence electrons. The number of allylic oxidation sites excluding steroid dienone is 13. The van der Waals surface area contributed by atoms with Gasteiger partial charge >= 0.3 is 0 Å². The van der Waals surface area contributed by atoms with Gasteiger partial charge < -0.3 is 14.3 Å². The first kappa shape index (κ1) is 41.8. The van der Waals surface area contributed by atoms with Crippen molar-refractivity contribution in [3.8, 4) is 0 Å². The van der Waals surface area contributed by atoms with E-state index < -0.39 is 0 Å². The molecule has 0 aromatic heterocycles. The molecule has 0 N–H and O–H groups in total. The highest BCUT2D eigenvalue weighted by atomic mass is 16.7. The highest BCUT2D eigenvalue weighted by Gasteiger charge is 2.12. The van der Waals surface area contributed by atoms with Crippen molar-refractivity contribution >= 4 is 6.29 Å². The zero-order chi connectivity index (χ0) is 33.8. The van der Waals surface area contributed by atoms with Crippen molar-refractivity contribution in [1.82, 2.24) is 0 Å². The minimum Gasteiger partial charge on any atom is -0.353 e. The second kappa shape index (κ2) is 27.8. The average Bonchev–Trinajstić information content (AvgIpc) is 3.01. The van der Waals surface area contributed by atoms with Gasteiger partial charge in [0.1, 0.15) is 6.29 Å². The van der Waals surface area contributed by atoms with E-state index in [2.05, 4.69) is 91.0 Å². The lowest BCUT2D eigenvalue weighted by Crippen LogP contribution is -2.22. The van der Waals surface area contributed by atoms with Crippen LogP contribution in [0.2, 0.25) is 0 Å². The third-order valence-electron chi connectivity index (χ3n) is 8.93. The van der Waals surface area contributed by atoms with E-state index in [9.17, 15) is 4.79 Å². The first-order chi connectivity index (χ1) is 22.2. The van der Waals surface area contributed by atoms with E-state index in [4.69, 9.17) is 9.47 Å². The number of ether oxygens (including phenoxy) is 2. The van der Waals surface area contributed by atoms with Gasteiger partial charge in [-0.25, -0.2) is 0 Å². The zero-order valence-electron chi connectivity index (χ0n) is 31.1. The van der Waals surface area contributed by atoms with Gasteiger partial charge in [-0.05, 0) is 158 Å². The van der Waals surface area contributed by atoms with Crippen LogP contribution in [0.25, 0.3) is 0 Å². The largest absolute Gasteiger partial charge is 0.353 e. The van der Waals surface area contributed by atoms with Crippen LogP contribution in [0.1, 0.15) is 164 Å². The van der Waals surface area contributed by atoms with Crippen LogP contribution in [0.5, 0.6) is 0 Å². The molecule has 1 fully saturated rings. The summed E-state index contributed by atoms with van der Waals surface area (Å²) in [7, 11) is 0. The molecule has 1 aliphatic heterocycles. The summed E-state index contributed by atoms with van der Waals surface area (Å²) in [6, 6.07) is 0. The minimum absolute atomic E-state index is 0.00255. The zero-order valence-corrected chi connectivity index (χ0v) is 31.1. The molecule has 0 saturated carbocycles. The molecule has 46 heavy (non-hydrogen) atoms. The van der Waals surface area contributed by atoms with E-state index in [1.165, 1.54) is 45.4 Å². The number of rotatable bonds is 25. The van der Waals surface area contributed by atoms with Gasteiger partial charge in [0, 0.05) is 13.0 Å². The highest BCUT2D eigenvalue weighted by molar-refractivity contribution is 5.49. The van der Waals surface area contributed by atoms with E-state index in [0.29, 0.717) is 13.0 Å². The molecule has 0 aromatic carbocycles. The Kier molecular flexibility index (Phi) is 25.3. The lowest BCUT2D eigenvalue weighted by atomic mass is 10.0. The molecular formula is C43H70O3. The van der Waals surface area contributed by atoms with Crippen LogP contribution >= 0.6 is 0 Å². The van der Waals surface area contributed by atoms with Crippen LogP contribution in [0.3, 0.4) is 0 Å². The van der Waals surface area contributed by atoms with Crippen molar-refractivity contribution in [1.29, 1.82) is 0 Å². The molecule has 1 atom stereocenters. The van der Waals surface area contributed by atoms with E-state index >= 15 is 0 Å². The van der Waals surface area contributed by atoms with Crippen LogP contribution in [0, 0.1) is 0 Å². The Morgan fingerprint density at radius 1 is 0.522 bits per heavy atom. The van der Waals surface area contributed by atoms with Gasteiger partial charge in [-0.2, -0.15) is 0 Å². The van der Waals surface area contributed by atoms with Gasteiger partial charge in [0.25, 0.3) is 0 Å². The van der Waals surface area contributed by atoms with Gasteiger partial charge in [0.2, 0.25) is 0 Å². The highest BCUT2D eigenvalue weighted by Crippen LogP contribution is 2.18. The predicted octanol–water partition coefficient (Wildman–Crippen LogP) is 13.2. The molecule has 0 aliphatic carbocycles. The molecule has 0 radical (unpaired) electrons. The Labute approximate surface area is 285 Å². The molecule has 1 saturated heterocycles. The quantitative estimate of drug-likeness (QED) is 0.0569. The van der Waals surface area contributed by atoms with Gasteiger partial charge in [-0.1, -0.05) is 81.5 Å². The predicted molar refractivity (Wildman–Crippen MR) is 201 cm³/mol. The number of hydrogen-bond donors (Lipinski definition) is 0. The molecule has 3 heteroatoms. The Bertz CT molecular complexity index is 1040. The van der Waals surface area contributed by atoms with E-state index in [1.807, 2.05) is 0 Å². The number of aldehydes is 1. The summed E-state index contributed by atoms with van der Waals surface area (Å²) in [5, 5.41) is 0. The smallest absolute Gasteiger partial charge is 0.157 e. The standard InChI is InChI=1S/C43H70O3/c1-36(18-8-10-33-44)19-12-20-37(2)21-13-22-38(3)23-14-24-39(4)25-15-26-40(5)27-16-28-41(6)29-17-30-42(7)32-35-46-43-31-9-11-34-45-43/h19,21,23,25,27,29,32-33,43H,8-18,20,22,24,26,28,30-31,34-35H2,1-7H3/b36-19+,37-21+,38-23+,39-25+,40-27+,41-29+,42-32+. The van der Waals surface area contributed by atoms with Crippen molar-refractivity contribution in [2.75, 3.05) is 13.2 Å². The average molecular weight is 635 g/mol. The molecule has 1 unspecified atom stereocenters. The van der Waals surface area contributed by atoms with Gasteiger partial charge in [0.05, 0.1) is 6.61 Å². The summed E-state index contributed by atoms with van der Waals surface area (Å²) in [5.41, 5.74) is 10.3. The van der Waals surface area contributed by atoms with Crippen LogP contribution in [0.15, 0.2) is 81.5 Å². The van der Waals surface area contributed by atoms with Crippen LogP contribution in [0.4, 0.5) is 0 Å². The fourth-order valence-electron chi connectivity index (χ4n) is 5.60. The van der Waals surface area contributed by atoms with Crippen molar-refractivity contribution in [3.05, 3.63) is 81.5 Å². The first-order valence-corrected chi connectivity index (χ1v) is 18.5. The van der Waals surface area contributed by atoms with Gasteiger partial charge in [0.15, 0.2) is 6.29 Å². The van der Waals surface area contributed by atoms with E-state index in [1.54, 1.807) is 0 Å². The van der Waals surface area contributed by atoms with Gasteiger partial charge in [-0.15, -0.1) is 0 Å². The second-order valence-electron chi connectivity index (χ2n) is 13.8. The molecule has 0 amide bonds. The van der Waals surface area contributed by atoms with Crippen molar-refractivity contribution < 1.29 is 14.3 Å². The summed E-state index contributed by atoms with van der Waals surface area (Å²) in [5.74, 6) is 0. The fraction of sp³-hybridized carbons (Fsp3) is 0.651. The maximum atomic E-state index is 10.5. The number of unbranched alkanes of at least 4 members (excludes halogenated alkanes) is 1. The Morgan fingerprint density at radius 3 is 1.24 bits per heavy atom. The third-order valence-corrected chi connectivity index (χ3v) is 8.93. The van der Waals surface area contributed by atoms with Crippen molar-refractivity contribution in [2.45, 2.75) is 170 Å². The molecule has 0 aromatic rings. The molecule has 3 nitrogen and oxygen atoms in total. The van der Waals surface area contributed by atoms with Crippen molar-refractivity contribution in [3.63, 3.8) is 0 Å². The lowest BCUT2D eigenvalue weighted by Gasteiger charge is -2.22. The molecule has 0 bridgehead atoms. The third kappa shape index (κ3) is 24.9. The second-order valence-corrected chi connectivity index (χ2v) is 13.8. The fourth-order valence-corrected chi connectivity index (χ4v) is 5.60. The Morgan fingerprint density at radius 2 is 0.891 bits per heavy atom. The summed E-state index contributed by atoms with van der Waals surface area (Å²) < 4.78 is 11.5. The molecule has 1 rings (SSSR count). The summed E-state index contributed by atoms with van der Waals surface area (Å²) in [6.45, 7) is 17.3. The monoisotopic (exact) mass is 635 g/mol. The SMILES string of the molecule is C/C(=C\CC/C(C)=C/CC/C(C)=C/CC/C(C)=C/COC1CCCCO1)CC/C=C(\C)CC/C=C(\C)CC/C=C(\C)CCCC=O. The summed E-state index contributed by atoms with van der Waals surface area (Å²) in [4.78, 5) is 10.5. The van der Waals surface area contributed by atoms with Crippen molar-refractivity contribution in [2.24, 2.45) is 0 Å². The first-order valence-electron chi connectivity index (χ1n) is 18.5. The normalized spacial score (nSPS) is 18.0. The molecule has 1 aliphatic rings. The topological polar surface area (TPSA) is 35.5 Å². The van der Waals surface area contributed by atoms with Gasteiger partial charge in [-0.3, -0.25) is 0 Å². The molecule has 0 spiro atoms. The Hall–Kier alpha value is -2.23. The minimum atomic E-state index is 0.00255. The molecular weight excluding hydrogens is 564 g/mol. The summed E-state index contributed by atoms with van der Waals surface area (Å²) in [6.07, 6.45) is 37.5.